The van der Waals surface area contributed by atoms with Gasteiger partial charge in [-0.25, -0.2) is 14.2 Å². The van der Waals surface area contributed by atoms with Crippen molar-refractivity contribution in [2.24, 2.45) is 0 Å². The molecule has 3 N–H and O–H groups in total. The number of nitrogens with one attached hydrogen (secondary N) is 2. The number of carbonyl (C=O) groups excluding carboxylic acids is 2. The fourth-order valence-corrected chi connectivity index (χ4v) is 4.50. The number of hydrogen-bond acceptors (Lipinski definition) is 8. The number of aromatic amines is 1. The van der Waals surface area contributed by atoms with E-state index in [1.54, 1.807) is 36.7 Å². The predicted molar refractivity (Wildman–Crippen MR) is 131 cm³/mol. The summed E-state index contributed by atoms with van der Waals surface area (Å²) in [5, 5.41) is 18.8. The number of rotatable bonds is 10. The lowest BCUT2D eigenvalue weighted by molar-refractivity contribution is 0.0707. The third kappa shape index (κ3) is 5.96. The van der Waals surface area contributed by atoms with E-state index in [-0.39, 0.29) is 43.4 Å². The summed E-state index contributed by atoms with van der Waals surface area (Å²) in [7, 11) is 1.28. The Morgan fingerprint density at radius 3 is 2.86 bits per heavy atom. The van der Waals surface area contributed by atoms with Crippen LogP contribution in [-0.4, -0.2) is 70.6 Å². The van der Waals surface area contributed by atoms with E-state index in [0.717, 1.165) is 22.5 Å². The van der Waals surface area contributed by atoms with E-state index in [2.05, 4.69) is 25.2 Å². The van der Waals surface area contributed by atoms with Gasteiger partial charge in [0.1, 0.15) is 17.9 Å². The molecule has 0 saturated heterocycles. The van der Waals surface area contributed by atoms with Crippen molar-refractivity contribution in [1.29, 1.82) is 0 Å². The van der Waals surface area contributed by atoms with Crippen molar-refractivity contribution in [1.82, 2.24) is 25.4 Å². The number of thiazole rings is 1. The minimum Gasteiger partial charge on any atom is -0.492 e. The van der Waals surface area contributed by atoms with E-state index in [4.69, 9.17) is 4.74 Å². The second kappa shape index (κ2) is 11.6. The molecule has 4 aromatic rings. The first-order valence-corrected chi connectivity index (χ1v) is 11.8. The first-order valence-electron chi connectivity index (χ1n) is 11.0. The number of H-pyrrole nitrogens is 1. The first kappa shape index (κ1) is 25.1. The highest BCUT2D eigenvalue weighted by molar-refractivity contribution is 7.20. The number of fused-ring (bicyclic) bond motifs is 1. The number of aliphatic hydroxyl groups excluding tert-OH is 1. The fraction of sp³-hybridized carbons (Fsp3) is 0.250. The van der Waals surface area contributed by atoms with E-state index >= 15 is 0 Å². The molecule has 0 aliphatic heterocycles. The minimum absolute atomic E-state index is 0.0750. The molecule has 2 amide bonds. The Morgan fingerprint density at radius 1 is 1.25 bits per heavy atom. The maximum absolute atomic E-state index is 14.8. The van der Waals surface area contributed by atoms with Gasteiger partial charge in [0.05, 0.1) is 31.2 Å². The second-order valence-electron chi connectivity index (χ2n) is 7.68. The van der Waals surface area contributed by atoms with E-state index in [9.17, 15) is 19.1 Å². The van der Waals surface area contributed by atoms with Gasteiger partial charge in [-0.2, -0.15) is 5.10 Å². The average Bonchev–Trinajstić information content (AvgIpc) is 3.57. The number of methoxy groups -OCH3 is 1. The molecular formula is C24H24FN5O5S. The molecule has 0 aliphatic rings. The monoisotopic (exact) mass is 513 g/mol. The Bertz CT molecular complexity index is 1340. The lowest BCUT2D eigenvalue weighted by Gasteiger charge is -2.21. The zero-order valence-electron chi connectivity index (χ0n) is 19.4. The number of benzene rings is 2. The molecule has 0 unspecified atom stereocenters. The van der Waals surface area contributed by atoms with Crippen LogP contribution in [0.4, 0.5) is 9.18 Å². The molecule has 12 heteroatoms. The molecule has 2 heterocycles. The van der Waals surface area contributed by atoms with E-state index < -0.39 is 17.8 Å². The largest absolute Gasteiger partial charge is 0.492 e. The quantitative estimate of drug-likeness (QED) is 0.278. The van der Waals surface area contributed by atoms with Crippen LogP contribution in [0.25, 0.3) is 21.3 Å². The number of carbonyl (C=O) groups is 2. The average molecular weight is 514 g/mol. The molecule has 0 spiro atoms. The minimum atomic E-state index is -0.544. The van der Waals surface area contributed by atoms with Gasteiger partial charge in [-0.3, -0.25) is 9.89 Å². The number of halogens is 1. The number of ether oxygens (including phenoxy) is 2. The number of amides is 2. The SMILES string of the molecule is COC(=O)NCCOc1cccc(CN(CCO)C(=O)c2nc3c(F)cc(-c4cn[nH]c4)cc3s2)c1. The molecule has 2 aromatic carbocycles. The van der Waals surface area contributed by atoms with E-state index in [1.807, 2.05) is 6.07 Å². The van der Waals surface area contributed by atoms with Crippen molar-refractivity contribution in [2.45, 2.75) is 6.54 Å². The fourth-order valence-electron chi connectivity index (χ4n) is 3.51. The van der Waals surface area contributed by atoms with Crippen LogP contribution in [0.1, 0.15) is 15.4 Å². The summed E-state index contributed by atoms with van der Waals surface area (Å²) >= 11 is 1.09. The molecule has 0 saturated carbocycles. The van der Waals surface area contributed by atoms with Crippen LogP contribution in [0.3, 0.4) is 0 Å². The van der Waals surface area contributed by atoms with Gasteiger partial charge >= 0.3 is 6.09 Å². The molecule has 10 nitrogen and oxygen atoms in total. The summed E-state index contributed by atoms with van der Waals surface area (Å²) in [6.45, 7) is 0.519. The summed E-state index contributed by atoms with van der Waals surface area (Å²) in [6, 6.07) is 10.3. The predicted octanol–water partition coefficient (Wildman–Crippen LogP) is 3.20. The maximum atomic E-state index is 14.8. The molecule has 0 bridgehead atoms. The van der Waals surface area contributed by atoms with Gasteiger partial charge in [0.15, 0.2) is 10.8 Å². The molecular weight excluding hydrogens is 489 g/mol. The van der Waals surface area contributed by atoms with Crippen LogP contribution in [-0.2, 0) is 11.3 Å². The lowest BCUT2D eigenvalue weighted by Crippen LogP contribution is -2.33. The summed E-state index contributed by atoms with van der Waals surface area (Å²) < 4.78 is 25.4. The lowest BCUT2D eigenvalue weighted by atomic mass is 10.1. The van der Waals surface area contributed by atoms with Crippen molar-refractivity contribution in [3.8, 4) is 16.9 Å². The number of nitrogens with zero attached hydrogens (tertiary/aromatic N) is 3. The Labute approximate surface area is 209 Å². The van der Waals surface area contributed by atoms with Crippen molar-refractivity contribution in [3.63, 3.8) is 0 Å². The van der Waals surface area contributed by atoms with Gasteiger partial charge in [0, 0.05) is 24.8 Å². The highest BCUT2D eigenvalue weighted by atomic mass is 32.1. The standard InChI is InChI=1S/C24H24FN5O5S/c1-34-24(33)26-5-8-35-18-4-2-3-15(9-18)14-30(6-7-31)23(32)22-29-21-19(25)10-16(11-20(21)36-22)17-12-27-28-13-17/h2-4,9-13,31H,5-8,14H2,1H3,(H,26,33)(H,27,28). The van der Waals surface area contributed by atoms with Gasteiger partial charge in [0.25, 0.3) is 5.91 Å². The summed E-state index contributed by atoms with van der Waals surface area (Å²) in [6.07, 6.45) is 2.70. The zero-order valence-corrected chi connectivity index (χ0v) is 20.2. The Hall–Kier alpha value is -4.03. The molecule has 0 atom stereocenters. The number of hydrogen-bond donors (Lipinski definition) is 3. The van der Waals surface area contributed by atoms with Gasteiger partial charge in [0.2, 0.25) is 0 Å². The van der Waals surface area contributed by atoms with Crippen LogP contribution >= 0.6 is 11.3 Å². The van der Waals surface area contributed by atoms with Crippen molar-refractivity contribution < 1.29 is 28.6 Å². The number of aliphatic hydroxyl groups is 1. The molecule has 36 heavy (non-hydrogen) atoms. The second-order valence-corrected chi connectivity index (χ2v) is 8.71. The molecule has 188 valence electrons. The third-order valence-electron chi connectivity index (χ3n) is 5.22. The summed E-state index contributed by atoms with van der Waals surface area (Å²) in [5.74, 6) is -0.383. The molecule has 4 rings (SSSR count). The van der Waals surface area contributed by atoms with Crippen LogP contribution in [0.5, 0.6) is 5.75 Å². The smallest absolute Gasteiger partial charge is 0.406 e. The third-order valence-corrected chi connectivity index (χ3v) is 6.21. The highest BCUT2D eigenvalue weighted by Gasteiger charge is 2.22. The van der Waals surface area contributed by atoms with E-state index in [1.165, 1.54) is 18.1 Å². The van der Waals surface area contributed by atoms with Crippen molar-refractivity contribution in [2.75, 3.05) is 33.4 Å². The van der Waals surface area contributed by atoms with Gasteiger partial charge in [-0.15, -0.1) is 11.3 Å². The van der Waals surface area contributed by atoms with Crippen LogP contribution in [0, 0.1) is 5.82 Å². The van der Waals surface area contributed by atoms with Crippen LogP contribution < -0.4 is 10.1 Å². The van der Waals surface area contributed by atoms with Crippen molar-refractivity contribution in [3.05, 3.63) is 65.2 Å². The topological polar surface area (TPSA) is 130 Å². The summed E-state index contributed by atoms with van der Waals surface area (Å²) in [5.41, 5.74) is 2.24. The molecule has 2 aromatic heterocycles. The van der Waals surface area contributed by atoms with Crippen molar-refractivity contribution >= 4 is 33.6 Å². The number of alkyl carbamates (subject to hydrolysis) is 1. The Morgan fingerprint density at radius 2 is 2.11 bits per heavy atom. The maximum Gasteiger partial charge on any atom is 0.406 e. The van der Waals surface area contributed by atoms with Gasteiger partial charge in [-0.05, 0) is 35.4 Å². The first-order chi connectivity index (χ1) is 17.5. The van der Waals surface area contributed by atoms with Crippen LogP contribution in [0.15, 0.2) is 48.8 Å². The normalized spacial score (nSPS) is 10.9. The molecule has 0 aliphatic carbocycles. The van der Waals surface area contributed by atoms with E-state index in [0.29, 0.717) is 16.0 Å². The Kier molecular flexibility index (Phi) is 8.08. The molecule has 0 fully saturated rings. The summed E-state index contributed by atoms with van der Waals surface area (Å²) in [4.78, 5) is 30.1. The zero-order chi connectivity index (χ0) is 25.5. The van der Waals surface area contributed by atoms with Gasteiger partial charge in [-0.1, -0.05) is 12.1 Å². The Balaban J connectivity index is 1.48. The van der Waals surface area contributed by atoms with Gasteiger partial charge < -0.3 is 24.8 Å². The number of aromatic nitrogens is 3. The highest BCUT2D eigenvalue weighted by Crippen LogP contribution is 2.31. The van der Waals surface area contributed by atoms with Crippen LogP contribution in [0.2, 0.25) is 0 Å². The molecule has 0 radical (unpaired) electrons.